The lowest BCUT2D eigenvalue weighted by Crippen LogP contribution is -2.40. The molecule has 2 saturated carbocycles. The zero-order valence-electron chi connectivity index (χ0n) is 19.3. The highest BCUT2D eigenvalue weighted by molar-refractivity contribution is 5.95. The van der Waals surface area contributed by atoms with Crippen molar-refractivity contribution < 1.29 is 22.8 Å². The highest BCUT2D eigenvalue weighted by Crippen LogP contribution is 2.53. The third-order valence-corrected chi connectivity index (χ3v) is 7.74. The number of nitrogens with zero attached hydrogens (tertiary/aromatic N) is 2. The molecule has 3 atom stereocenters. The Morgan fingerprint density at radius 3 is 2.40 bits per heavy atom. The Bertz CT molecular complexity index is 1060. The van der Waals surface area contributed by atoms with Gasteiger partial charge in [0.2, 0.25) is 11.8 Å². The topological polar surface area (TPSA) is 74.3 Å². The maximum absolute atomic E-state index is 12.8. The summed E-state index contributed by atoms with van der Waals surface area (Å²) in [6.07, 6.45) is 1.94. The van der Waals surface area contributed by atoms with E-state index in [1.54, 1.807) is 0 Å². The van der Waals surface area contributed by atoms with Crippen molar-refractivity contribution in [3.8, 4) is 0 Å². The first-order valence-electron chi connectivity index (χ1n) is 12.2. The molecule has 1 saturated heterocycles. The quantitative estimate of drug-likeness (QED) is 0.646. The molecule has 1 unspecified atom stereocenters. The van der Waals surface area contributed by atoms with Gasteiger partial charge in [0, 0.05) is 48.5 Å². The number of carbonyl (C=O) groups is 2. The summed E-state index contributed by atoms with van der Waals surface area (Å²) < 4.78 is 38.5. The number of nitrogens with one attached hydrogen (secondary N) is 2. The lowest BCUT2D eigenvalue weighted by atomic mass is 9.83. The van der Waals surface area contributed by atoms with Gasteiger partial charge in [-0.15, -0.1) is 0 Å². The number of rotatable bonds is 6. The van der Waals surface area contributed by atoms with E-state index in [4.69, 9.17) is 0 Å². The second-order valence-corrected chi connectivity index (χ2v) is 9.91. The van der Waals surface area contributed by atoms with Gasteiger partial charge in [-0.05, 0) is 67.9 Å². The zero-order chi connectivity index (χ0) is 24.6. The summed E-state index contributed by atoms with van der Waals surface area (Å²) in [5.41, 5.74) is 0.403. The van der Waals surface area contributed by atoms with Gasteiger partial charge in [0.25, 0.3) is 0 Å². The fraction of sp³-hybridized carbons (Fsp3) is 0.500. The van der Waals surface area contributed by atoms with Crippen LogP contribution in [0.2, 0.25) is 0 Å². The number of carbonyl (C=O) groups excluding carboxylic acids is 2. The number of piperidine rings is 1. The van der Waals surface area contributed by atoms with Gasteiger partial charge in [0.15, 0.2) is 0 Å². The molecule has 5 rings (SSSR count). The normalized spacial score (nSPS) is 28.3. The number of hydrogen-bond acceptors (Lipinski definition) is 4. The third-order valence-electron chi connectivity index (χ3n) is 7.74. The number of pyridine rings is 1. The Hall–Kier alpha value is -2.94. The molecular weight excluding hydrogens is 457 g/mol. The predicted molar refractivity (Wildman–Crippen MR) is 124 cm³/mol. The average Bonchev–Trinajstić information content (AvgIpc) is 3.36. The smallest absolute Gasteiger partial charge is 0.347 e. The Morgan fingerprint density at radius 1 is 1.00 bits per heavy atom. The Kier molecular flexibility index (Phi) is 6.53. The van der Waals surface area contributed by atoms with Crippen LogP contribution < -0.4 is 10.6 Å². The molecule has 2 aliphatic carbocycles. The molecule has 2 amide bonds. The third kappa shape index (κ3) is 5.34. The van der Waals surface area contributed by atoms with Crippen LogP contribution >= 0.6 is 0 Å². The summed E-state index contributed by atoms with van der Waals surface area (Å²) in [5.74, 6) is 0.431. The summed E-state index contributed by atoms with van der Waals surface area (Å²) in [5, 5.41) is 5.08. The van der Waals surface area contributed by atoms with Crippen LogP contribution in [-0.4, -0.2) is 47.4 Å². The minimum atomic E-state index is -4.48. The van der Waals surface area contributed by atoms with E-state index in [-0.39, 0.29) is 24.1 Å². The fourth-order valence-electron chi connectivity index (χ4n) is 5.86. The first-order valence-corrected chi connectivity index (χ1v) is 12.2. The maximum atomic E-state index is 12.8. The number of hydrogen-bond donors (Lipinski definition) is 2. The molecule has 186 valence electrons. The van der Waals surface area contributed by atoms with Crippen LogP contribution in [0.4, 0.5) is 18.9 Å². The monoisotopic (exact) mass is 486 g/mol. The largest absolute Gasteiger partial charge is 0.416 e. The van der Waals surface area contributed by atoms with Crippen molar-refractivity contribution in [1.82, 2.24) is 15.2 Å². The summed E-state index contributed by atoms with van der Waals surface area (Å²) in [6.45, 7) is 1.57. The lowest BCUT2D eigenvalue weighted by Gasteiger charge is -2.35. The number of aromatic nitrogens is 1. The molecule has 6 nitrogen and oxygen atoms in total. The lowest BCUT2D eigenvalue weighted by molar-refractivity contribution is -0.137. The summed E-state index contributed by atoms with van der Waals surface area (Å²) in [4.78, 5) is 31.7. The molecule has 2 aromatic rings. The molecule has 1 aliphatic heterocycles. The number of anilines is 1. The molecule has 35 heavy (non-hydrogen) atoms. The maximum Gasteiger partial charge on any atom is 0.416 e. The van der Waals surface area contributed by atoms with Crippen molar-refractivity contribution in [2.24, 2.45) is 17.8 Å². The number of likely N-dealkylation sites (tertiary alicyclic amines) is 1. The summed E-state index contributed by atoms with van der Waals surface area (Å²) in [7, 11) is 0. The standard InChI is InChI=1S/C26H29F3N4O2/c27-26(28,29)17-4-3-5-18(12-17)32-23(34)13-31-25(35)24-20-14-33(15-21(20)24)19-9-7-16(8-10-19)22-6-1-2-11-30-22/h1-6,11-12,16,19-21,24H,7-10,13-15H2,(H,31,35)(H,32,34)/t16?,19?,20-,21+,24?. The molecule has 0 bridgehead atoms. The van der Waals surface area contributed by atoms with Gasteiger partial charge < -0.3 is 10.6 Å². The van der Waals surface area contributed by atoms with E-state index in [1.807, 2.05) is 18.3 Å². The highest BCUT2D eigenvalue weighted by Gasteiger charge is 2.60. The molecule has 3 fully saturated rings. The van der Waals surface area contributed by atoms with E-state index in [9.17, 15) is 22.8 Å². The Balaban J connectivity index is 1.03. The van der Waals surface area contributed by atoms with Crippen molar-refractivity contribution in [2.45, 2.75) is 43.8 Å². The number of alkyl halides is 3. The Morgan fingerprint density at radius 2 is 1.74 bits per heavy atom. The summed E-state index contributed by atoms with van der Waals surface area (Å²) in [6, 6.07) is 11.1. The van der Waals surface area contributed by atoms with Gasteiger partial charge in [0.05, 0.1) is 12.1 Å². The van der Waals surface area contributed by atoms with Crippen LogP contribution in [0, 0.1) is 17.8 Å². The van der Waals surface area contributed by atoms with Crippen LogP contribution in [0.15, 0.2) is 48.7 Å². The van der Waals surface area contributed by atoms with Gasteiger partial charge in [-0.1, -0.05) is 12.1 Å². The number of benzene rings is 1. The van der Waals surface area contributed by atoms with E-state index in [2.05, 4.69) is 26.6 Å². The molecule has 2 heterocycles. The molecule has 0 radical (unpaired) electrons. The molecular formula is C26H29F3N4O2. The van der Waals surface area contributed by atoms with Crippen molar-refractivity contribution in [3.63, 3.8) is 0 Å². The Labute approximate surface area is 202 Å². The van der Waals surface area contributed by atoms with Crippen LogP contribution in [0.5, 0.6) is 0 Å². The minimum Gasteiger partial charge on any atom is -0.347 e. The molecule has 9 heteroatoms. The van der Waals surface area contributed by atoms with Gasteiger partial charge in [0.1, 0.15) is 0 Å². The van der Waals surface area contributed by atoms with E-state index in [0.717, 1.165) is 50.9 Å². The molecule has 2 N–H and O–H groups in total. The van der Waals surface area contributed by atoms with Crippen molar-refractivity contribution in [2.75, 3.05) is 25.0 Å². The minimum absolute atomic E-state index is 0.0516. The zero-order valence-corrected chi connectivity index (χ0v) is 19.3. The average molecular weight is 487 g/mol. The highest BCUT2D eigenvalue weighted by atomic mass is 19.4. The fourth-order valence-corrected chi connectivity index (χ4v) is 5.86. The van der Waals surface area contributed by atoms with Gasteiger partial charge in [-0.25, -0.2) is 0 Å². The molecule has 0 spiro atoms. The van der Waals surface area contributed by atoms with E-state index >= 15 is 0 Å². The molecule has 3 aliphatic rings. The van der Waals surface area contributed by atoms with Crippen LogP contribution in [-0.2, 0) is 15.8 Å². The number of halogens is 3. The predicted octanol–water partition coefficient (Wildman–Crippen LogP) is 4.06. The second-order valence-electron chi connectivity index (χ2n) is 9.91. The summed E-state index contributed by atoms with van der Waals surface area (Å²) >= 11 is 0. The first kappa shape index (κ1) is 23.8. The first-order chi connectivity index (χ1) is 16.8. The number of fused-ring (bicyclic) bond motifs is 1. The van der Waals surface area contributed by atoms with Crippen molar-refractivity contribution >= 4 is 17.5 Å². The van der Waals surface area contributed by atoms with E-state index in [0.29, 0.717) is 23.8 Å². The van der Waals surface area contributed by atoms with Crippen molar-refractivity contribution in [1.29, 1.82) is 0 Å². The van der Waals surface area contributed by atoms with E-state index in [1.165, 1.54) is 17.8 Å². The van der Waals surface area contributed by atoms with Crippen LogP contribution in [0.25, 0.3) is 0 Å². The molecule has 1 aromatic carbocycles. The number of amides is 2. The van der Waals surface area contributed by atoms with Gasteiger partial charge in [-0.3, -0.25) is 19.5 Å². The second kappa shape index (κ2) is 9.60. The van der Waals surface area contributed by atoms with E-state index < -0.39 is 17.6 Å². The van der Waals surface area contributed by atoms with Gasteiger partial charge >= 0.3 is 6.18 Å². The SMILES string of the molecule is O=C(CNC(=O)C1[C@H]2CN(C3CCC(c4ccccn4)CC3)C[C@@H]12)Nc1cccc(C(F)(F)F)c1. The van der Waals surface area contributed by atoms with Crippen LogP contribution in [0.3, 0.4) is 0 Å². The van der Waals surface area contributed by atoms with Gasteiger partial charge in [-0.2, -0.15) is 13.2 Å². The van der Waals surface area contributed by atoms with Crippen LogP contribution in [0.1, 0.15) is 42.9 Å². The van der Waals surface area contributed by atoms with Crippen molar-refractivity contribution in [3.05, 3.63) is 59.9 Å². The molecule has 1 aromatic heterocycles.